The van der Waals surface area contributed by atoms with Crippen LogP contribution in [0.4, 0.5) is 0 Å². The summed E-state index contributed by atoms with van der Waals surface area (Å²) in [6, 6.07) is 16.9. The minimum atomic E-state index is -0.337. The van der Waals surface area contributed by atoms with E-state index in [-0.39, 0.29) is 53.8 Å². The van der Waals surface area contributed by atoms with Crippen molar-refractivity contribution >= 4 is 27.5 Å². The first kappa shape index (κ1) is 41.3. The van der Waals surface area contributed by atoms with Crippen LogP contribution in [0.25, 0.3) is 32.9 Å². The molecule has 0 spiro atoms. The zero-order valence-corrected chi connectivity index (χ0v) is 34.4. The summed E-state index contributed by atoms with van der Waals surface area (Å²) in [5.74, 6) is 1.43. The third kappa shape index (κ3) is 9.01. The number of aromatic nitrogens is 2. The SMILES string of the molecule is CCC(C)(CC)C(=O)/C=C(\O)C(C)(CC)CC.Cc1[c-]c(-c2nc(C(C)C)nc3c2ccc2cc(C(C)(C)C)cc(C)c23)cc(C)c1.[Ir]. The smallest absolute Gasteiger partial charge is 0.164 e. The van der Waals surface area contributed by atoms with Crippen LogP contribution >= 0.6 is 0 Å². The zero-order valence-electron chi connectivity index (χ0n) is 32.0. The zero-order chi connectivity index (χ0) is 35.5. The minimum Gasteiger partial charge on any atom is -0.512 e. The molecule has 1 radical (unpaired) electrons. The Kier molecular flexibility index (Phi) is 14.0. The monoisotopic (exact) mass is 828 g/mol. The summed E-state index contributed by atoms with van der Waals surface area (Å²) < 4.78 is 0. The van der Waals surface area contributed by atoms with Gasteiger partial charge in [0.25, 0.3) is 0 Å². The standard InChI is InChI=1S/C28H31N2.C15H28O2.Ir/c1-16(2)27-29-25(21-12-17(3)11-18(4)13-21)23-10-9-20-15-22(28(6,7)8)14-19(5)24(20)26(23)30-27;1-7-14(5,8-2)12(16)11-13(17)15(6,9-3)10-4;/h9-12,14-16H,1-8H3;11,16H,7-10H2,1-6H3;/q-1;;/b;12-11-;. The van der Waals surface area contributed by atoms with Gasteiger partial charge in [-0.1, -0.05) is 114 Å². The molecule has 48 heavy (non-hydrogen) atoms. The van der Waals surface area contributed by atoms with Gasteiger partial charge in [0.15, 0.2) is 5.78 Å². The van der Waals surface area contributed by atoms with Gasteiger partial charge in [0.2, 0.25) is 0 Å². The number of hydrogen-bond acceptors (Lipinski definition) is 4. The van der Waals surface area contributed by atoms with Crippen molar-refractivity contribution in [3.05, 3.63) is 82.4 Å². The minimum absolute atomic E-state index is 0. The number of ketones is 1. The van der Waals surface area contributed by atoms with Crippen molar-refractivity contribution in [2.24, 2.45) is 10.8 Å². The largest absolute Gasteiger partial charge is 0.512 e. The molecule has 0 bridgehead atoms. The molecule has 263 valence electrons. The molecule has 0 unspecified atom stereocenters. The molecule has 0 aliphatic rings. The van der Waals surface area contributed by atoms with Crippen molar-refractivity contribution < 1.29 is 30.0 Å². The Morgan fingerprint density at radius 2 is 1.44 bits per heavy atom. The predicted molar refractivity (Wildman–Crippen MR) is 201 cm³/mol. The summed E-state index contributed by atoms with van der Waals surface area (Å²) in [4.78, 5) is 22.2. The van der Waals surface area contributed by atoms with Crippen molar-refractivity contribution in [1.29, 1.82) is 0 Å². The second-order valence-electron chi connectivity index (χ2n) is 15.4. The predicted octanol–water partition coefficient (Wildman–Crippen LogP) is 12.2. The Balaban J connectivity index is 0.000000384. The van der Waals surface area contributed by atoms with Crippen LogP contribution in [0, 0.1) is 37.7 Å². The number of fused-ring (bicyclic) bond motifs is 3. The van der Waals surface area contributed by atoms with Gasteiger partial charge in [0.05, 0.1) is 5.52 Å². The van der Waals surface area contributed by atoms with E-state index in [9.17, 15) is 9.90 Å². The molecule has 4 aromatic rings. The molecule has 3 aromatic carbocycles. The summed E-state index contributed by atoms with van der Waals surface area (Å²) >= 11 is 0. The summed E-state index contributed by atoms with van der Waals surface area (Å²) in [7, 11) is 0. The van der Waals surface area contributed by atoms with Crippen LogP contribution in [-0.2, 0) is 30.3 Å². The molecule has 1 N–H and O–H groups in total. The maximum absolute atomic E-state index is 12.2. The van der Waals surface area contributed by atoms with Gasteiger partial charge in [-0.15, -0.1) is 34.9 Å². The number of carbonyl (C=O) groups is 1. The van der Waals surface area contributed by atoms with E-state index in [2.05, 4.69) is 97.9 Å². The molecule has 0 saturated carbocycles. The molecule has 1 aromatic heterocycles. The van der Waals surface area contributed by atoms with E-state index >= 15 is 0 Å². The Labute approximate surface area is 304 Å². The summed E-state index contributed by atoms with van der Waals surface area (Å²) in [6.45, 7) is 29.6. The van der Waals surface area contributed by atoms with Crippen LogP contribution in [0.5, 0.6) is 0 Å². The molecule has 4 rings (SSSR count). The Morgan fingerprint density at radius 3 is 1.94 bits per heavy atom. The fourth-order valence-electron chi connectivity index (χ4n) is 5.88. The molecule has 5 heteroatoms. The quantitative estimate of drug-likeness (QED) is 0.0790. The maximum atomic E-state index is 12.2. The average Bonchev–Trinajstić information content (AvgIpc) is 3.02. The number of nitrogens with zero attached hydrogens (tertiary/aromatic N) is 2. The molecule has 0 amide bonds. The molecule has 0 aliphatic heterocycles. The van der Waals surface area contributed by atoms with Crippen LogP contribution in [0.2, 0.25) is 0 Å². The van der Waals surface area contributed by atoms with Crippen LogP contribution in [0.3, 0.4) is 0 Å². The first-order chi connectivity index (χ1) is 21.8. The third-order valence-electron chi connectivity index (χ3n) is 10.4. The number of aliphatic hydroxyl groups is 1. The van der Waals surface area contributed by atoms with Gasteiger partial charge in [-0.25, -0.2) is 4.98 Å². The fraction of sp³-hybridized carbons (Fsp3) is 0.512. The normalized spacial score (nSPS) is 12.6. The number of allylic oxidation sites excluding steroid dienone is 2. The van der Waals surface area contributed by atoms with Crippen molar-refractivity contribution in [2.45, 2.75) is 134 Å². The number of carbonyl (C=O) groups excluding carboxylic acids is 1. The Bertz CT molecular complexity index is 1750. The van der Waals surface area contributed by atoms with Gasteiger partial charge in [-0.05, 0) is 65.6 Å². The second kappa shape index (κ2) is 16.2. The van der Waals surface area contributed by atoms with Gasteiger partial charge in [-0.2, -0.15) is 0 Å². The van der Waals surface area contributed by atoms with Crippen LogP contribution < -0.4 is 0 Å². The molecule has 1 heterocycles. The molecule has 0 saturated heterocycles. The van der Waals surface area contributed by atoms with Crippen LogP contribution in [0.15, 0.2) is 48.2 Å². The summed E-state index contributed by atoms with van der Waals surface area (Å²) in [6.07, 6.45) is 4.75. The molecule has 4 nitrogen and oxygen atoms in total. The van der Waals surface area contributed by atoms with E-state index in [1.807, 2.05) is 41.5 Å². The number of hydrogen-bond donors (Lipinski definition) is 1. The van der Waals surface area contributed by atoms with Crippen molar-refractivity contribution in [3.63, 3.8) is 0 Å². The number of aryl methyl sites for hydroxylation is 3. The summed E-state index contributed by atoms with van der Waals surface area (Å²) in [5, 5.41) is 13.7. The van der Waals surface area contributed by atoms with Gasteiger partial charge >= 0.3 is 0 Å². The molecular formula is C43H59IrN2O2-. The molecule has 0 atom stereocenters. The first-order valence-electron chi connectivity index (χ1n) is 17.6. The van der Waals surface area contributed by atoms with Crippen molar-refractivity contribution in [3.8, 4) is 11.3 Å². The average molecular weight is 828 g/mol. The maximum Gasteiger partial charge on any atom is 0.164 e. The van der Waals surface area contributed by atoms with Gasteiger partial charge in [0.1, 0.15) is 11.6 Å². The van der Waals surface area contributed by atoms with Crippen LogP contribution in [-0.4, -0.2) is 20.9 Å². The Morgan fingerprint density at radius 1 is 0.854 bits per heavy atom. The Hall–Kier alpha value is -2.88. The van der Waals surface area contributed by atoms with Gasteiger partial charge < -0.3 is 5.11 Å². The van der Waals surface area contributed by atoms with Gasteiger partial charge in [0, 0.05) is 48.3 Å². The van der Waals surface area contributed by atoms with Crippen molar-refractivity contribution in [1.82, 2.24) is 9.97 Å². The number of benzene rings is 3. The number of rotatable bonds is 9. The fourth-order valence-corrected chi connectivity index (χ4v) is 5.88. The third-order valence-corrected chi connectivity index (χ3v) is 10.4. The van der Waals surface area contributed by atoms with E-state index in [4.69, 9.17) is 9.97 Å². The number of aliphatic hydroxyl groups excluding tert-OH is 1. The second-order valence-corrected chi connectivity index (χ2v) is 15.4. The van der Waals surface area contributed by atoms with E-state index in [1.54, 1.807) is 0 Å². The molecule has 0 aliphatic carbocycles. The van der Waals surface area contributed by atoms with E-state index in [0.29, 0.717) is 0 Å². The van der Waals surface area contributed by atoms with Crippen molar-refractivity contribution in [2.75, 3.05) is 0 Å². The van der Waals surface area contributed by atoms with Crippen LogP contribution in [0.1, 0.15) is 136 Å². The first-order valence-corrected chi connectivity index (χ1v) is 17.6. The molecule has 0 fully saturated rings. The van der Waals surface area contributed by atoms with E-state index in [0.717, 1.165) is 59.2 Å². The van der Waals surface area contributed by atoms with E-state index < -0.39 is 0 Å². The summed E-state index contributed by atoms with van der Waals surface area (Å²) in [5.41, 5.74) is 7.57. The molecular weight excluding hydrogens is 769 g/mol. The van der Waals surface area contributed by atoms with Gasteiger partial charge in [-0.3, -0.25) is 9.78 Å². The van der Waals surface area contributed by atoms with E-state index in [1.165, 1.54) is 33.5 Å². The topological polar surface area (TPSA) is 63.1 Å².